The molecular formula is C16H17FN2O3. The van der Waals surface area contributed by atoms with Crippen molar-refractivity contribution in [3.63, 3.8) is 0 Å². The van der Waals surface area contributed by atoms with Crippen molar-refractivity contribution < 1.29 is 18.4 Å². The fraction of sp³-hybridized carbons (Fsp3) is 0.250. The number of furan rings is 1. The summed E-state index contributed by atoms with van der Waals surface area (Å²) in [5.41, 5.74) is 0.834. The van der Waals surface area contributed by atoms with E-state index in [1.165, 1.54) is 18.4 Å². The zero-order chi connectivity index (χ0) is 15.8. The van der Waals surface area contributed by atoms with Crippen molar-refractivity contribution in [2.75, 3.05) is 6.54 Å². The van der Waals surface area contributed by atoms with E-state index >= 15 is 0 Å². The molecule has 0 saturated carbocycles. The number of rotatable bonds is 7. The number of benzene rings is 1. The molecule has 5 nitrogen and oxygen atoms in total. The van der Waals surface area contributed by atoms with Crippen LogP contribution < -0.4 is 10.6 Å². The molecule has 2 N–H and O–H groups in total. The molecule has 6 heteroatoms. The van der Waals surface area contributed by atoms with E-state index in [9.17, 15) is 14.0 Å². The Morgan fingerprint density at radius 2 is 1.86 bits per heavy atom. The Morgan fingerprint density at radius 3 is 2.55 bits per heavy atom. The molecular weight excluding hydrogens is 287 g/mol. The highest BCUT2D eigenvalue weighted by Gasteiger charge is 2.07. The molecule has 0 aliphatic carbocycles. The normalized spacial score (nSPS) is 10.2. The number of halogens is 1. The van der Waals surface area contributed by atoms with Gasteiger partial charge in [0.25, 0.3) is 5.91 Å². The van der Waals surface area contributed by atoms with Gasteiger partial charge in [0, 0.05) is 19.5 Å². The smallest absolute Gasteiger partial charge is 0.286 e. The van der Waals surface area contributed by atoms with Gasteiger partial charge in [-0.25, -0.2) is 4.39 Å². The quantitative estimate of drug-likeness (QED) is 0.771. The molecule has 116 valence electrons. The van der Waals surface area contributed by atoms with Crippen LogP contribution in [0.25, 0.3) is 0 Å². The van der Waals surface area contributed by atoms with Crippen molar-refractivity contribution in [1.29, 1.82) is 0 Å². The summed E-state index contributed by atoms with van der Waals surface area (Å²) in [4.78, 5) is 23.2. The van der Waals surface area contributed by atoms with Crippen LogP contribution in [0.15, 0.2) is 47.1 Å². The maximum absolute atomic E-state index is 12.7. The predicted octanol–water partition coefficient (Wildman–Crippen LogP) is 2.25. The second kappa shape index (κ2) is 7.97. The molecule has 22 heavy (non-hydrogen) atoms. The van der Waals surface area contributed by atoms with E-state index in [1.807, 2.05) is 0 Å². The van der Waals surface area contributed by atoms with Gasteiger partial charge in [0.1, 0.15) is 5.82 Å². The maximum atomic E-state index is 12.7. The van der Waals surface area contributed by atoms with Crippen molar-refractivity contribution >= 4 is 11.8 Å². The van der Waals surface area contributed by atoms with Gasteiger partial charge in [-0.1, -0.05) is 12.1 Å². The van der Waals surface area contributed by atoms with Gasteiger partial charge in [0.15, 0.2) is 5.76 Å². The summed E-state index contributed by atoms with van der Waals surface area (Å²) >= 11 is 0. The number of hydrogen-bond donors (Lipinski definition) is 2. The first kappa shape index (κ1) is 15.8. The zero-order valence-electron chi connectivity index (χ0n) is 12.0. The highest BCUT2D eigenvalue weighted by atomic mass is 19.1. The molecule has 2 rings (SSSR count). The Morgan fingerprint density at radius 1 is 1.09 bits per heavy atom. The Labute approximate surface area is 127 Å². The van der Waals surface area contributed by atoms with Gasteiger partial charge in [0.05, 0.1) is 6.26 Å². The molecule has 0 spiro atoms. The molecule has 2 aromatic rings. The minimum absolute atomic E-state index is 0.114. The predicted molar refractivity (Wildman–Crippen MR) is 78.5 cm³/mol. The molecule has 0 atom stereocenters. The first-order valence-electron chi connectivity index (χ1n) is 6.98. The SMILES string of the molecule is O=C(CCCNC(=O)c1ccco1)NCc1ccc(F)cc1. The Bertz CT molecular complexity index is 609. The number of amides is 2. The topological polar surface area (TPSA) is 71.3 Å². The van der Waals surface area contributed by atoms with Crippen LogP contribution in [-0.4, -0.2) is 18.4 Å². The second-order valence-electron chi connectivity index (χ2n) is 4.74. The third-order valence-electron chi connectivity index (χ3n) is 3.01. The molecule has 1 aromatic heterocycles. The van der Waals surface area contributed by atoms with Crippen LogP contribution in [0.5, 0.6) is 0 Å². The van der Waals surface area contributed by atoms with Crippen LogP contribution in [0.1, 0.15) is 29.0 Å². The third kappa shape index (κ3) is 5.05. The first-order valence-corrected chi connectivity index (χ1v) is 6.98. The van der Waals surface area contributed by atoms with Crippen molar-refractivity contribution in [3.8, 4) is 0 Å². The van der Waals surface area contributed by atoms with Gasteiger partial charge in [0.2, 0.25) is 5.91 Å². The minimum atomic E-state index is -0.303. The molecule has 2 amide bonds. The standard InChI is InChI=1S/C16H17FN2O3/c17-13-7-5-12(6-8-13)11-19-15(20)4-1-9-18-16(21)14-3-2-10-22-14/h2-3,5-8,10H,1,4,9,11H2,(H,18,21)(H,19,20). The summed E-state index contributed by atoms with van der Waals surface area (Å²) in [5.74, 6) is -0.462. The van der Waals surface area contributed by atoms with Crippen molar-refractivity contribution in [3.05, 3.63) is 59.8 Å². The second-order valence-corrected chi connectivity index (χ2v) is 4.74. The lowest BCUT2D eigenvalue weighted by Crippen LogP contribution is -2.27. The summed E-state index contributed by atoms with van der Waals surface area (Å²) < 4.78 is 17.7. The van der Waals surface area contributed by atoms with Crippen LogP contribution in [-0.2, 0) is 11.3 Å². The van der Waals surface area contributed by atoms with Crippen molar-refractivity contribution in [2.45, 2.75) is 19.4 Å². The molecule has 0 fully saturated rings. The van der Waals surface area contributed by atoms with Crippen LogP contribution in [0.2, 0.25) is 0 Å². The van der Waals surface area contributed by atoms with Gasteiger partial charge < -0.3 is 15.1 Å². The minimum Gasteiger partial charge on any atom is -0.459 e. The van der Waals surface area contributed by atoms with Crippen LogP contribution in [0, 0.1) is 5.82 Å². The fourth-order valence-corrected chi connectivity index (χ4v) is 1.84. The lowest BCUT2D eigenvalue weighted by molar-refractivity contribution is -0.121. The summed E-state index contributed by atoms with van der Waals surface area (Å²) in [6, 6.07) is 9.16. The van der Waals surface area contributed by atoms with E-state index in [0.717, 1.165) is 5.56 Å². The van der Waals surface area contributed by atoms with E-state index in [-0.39, 0.29) is 23.4 Å². The highest BCUT2D eigenvalue weighted by molar-refractivity contribution is 5.91. The van der Waals surface area contributed by atoms with Gasteiger partial charge in [-0.2, -0.15) is 0 Å². The van der Waals surface area contributed by atoms with Crippen LogP contribution in [0.3, 0.4) is 0 Å². The molecule has 0 bridgehead atoms. The Kier molecular flexibility index (Phi) is 5.71. The average molecular weight is 304 g/mol. The number of hydrogen-bond acceptors (Lipinski definition) is 3. The lowest BCUT2D eigenvalue weighted by atomic mass is 10.2. The van der Waals surface area contributed by atoms with Gasteiger partial charge >= 0.3 is 0 Å². The summed E-state index contributed by atoms with van der Waals surface area (Å²) in [6.45, 7) is 0.751. The van der Waals surface area contributed by atoms with Gasteiger partial charge in [-0.15, -0.1) is 0 Å². The summed E-state index contributed by atoms with van der Waals surface area (Å²) in [6.07, 6.45) is 2.26. The zero-order valence-corrected chi connectivity index (χ0v) is 12.0. The van der Waals surface area contributed by atoms with Crippen LogP contribution >= 0.6 is 0 Å². The van der Waals surface area contributed by atoms with Crippen LogP contribution in [0.4, 0.5) is 4.39 Å². The number of carbonyl (C=O) groups excluding carboxylic acids is 2. The number of nitrogens with one attached hydrogen (secondary N) is 2. The molecule has 0 aliphatic rings. The average Bonchev–Trinajstić information content (AvgIpc) is 3.05. The molecule has 0 aliphatic heterocycles. The van der Waals surface area contributed by atoms with E-state index in [0.29, 0.717) is 25.9 Å². The van der Waals surface area contributed by atoms with Crippen molar-refractivity contribution in [2.24, 2.45) is 0 Å². The first-order chi connectivity index (χ1) is 10.6. The molecule has 1 heterocycles. The maximum Gasteiger partial charge on any atom is 0.286 e. The molecule has 0 saturated heterocycles. The van der Waals surface area contributed by atoms with E-state index in [1.54, 1.807) is 24.3 Å². The molecule has 0 radical (unpaired) electrons. The van der Waals surface area contributed by atoms with Crippen molar-refractivity contribution in [1.82, 2.24) is 10.6 Å². The summed E-state index contributed by atoms with van der Waals surface area (Å²) in [5, 5.41) is 5.41. The van der Waals surface area contributed by atoms with Gasteiger partial charge in [-0.05, 0) is 36.2 Å². The van der Waals surface area contributed by atoms with Gasteiger partial charge in [-0.3, -0.25) is 9.59 Å². The van der Waals surface area contributed by atoms with E-state index < -0.39 is 0 Å². The number of carbonyl (C=O) groups is 2. The molecule has 0 unspecified atom stereocenters. The fourth-order valence-electron chi connectivity index (χ4n) is 1.84. The molecule has 1 aromatic carbocycles. The highest BCUT2D eigenvalue weighted by Crippen LogP contribution is 2.02. The third-order valence-corrected chi connectivity index (χ3v) is 3.01. The van der Waals surface area contributed by atoms with E-state index in [4.69, 9.17) is 4.42 Å². The Balaban J connectivity index is 1.59. The largest absolute Gasteiger partial charge is 0.459 e. The lowest BCUT2D eigenvalue weighted by Gasteiger charge is -2.06. The van der Waals surface area contributed by atoms with E-state index in [2.05, 4.69) is 10.6 Å². The summed E-state index contributed by atoms with van der Waals surface area (Å²) in [7, 11) is 0. The monoisotopic (exact) mass is 304 g/mol. The Hall–Kier alpha value is -2.63.